The second-order valence-electron chi connectivity index (χ2n) is 7.94. The minimum absolute atomic E-state index is 0.123. The average molecular weight is 387 g/mol. The standard InChI is InChI=1S/C18H18N4S3/c1-17(2,3)15-9(7-19)11-13(23-15)14-12(25-22-21-11)10(8-20)16(24-14)18(4,5)6/h1-6H3. The molecule has 0 amide bonds. The van der Waals surface area contributed by atoms with Crippen LogP contribution in [0.2, 0.25) is 0 Å². The van der Waals surface area contributed by atoms with Crippen molar-refractivity contribution in [1.29, 1.82) is 10.5 Å². The highest BCUT2D eigenvalue weighted by atomic mass is 32.2. The van der Waals surface area contributed by atoms with Gasteiger partial charge in [-0.2, -0.15) is 10.5 Å². The summed E-state index contributed by atoms with van der Waals surface area (Å²) in [4.78, 5) is 4.91. The van der Waals surface area contributed by atoms with E-state index >= 15 is 0 Å². The number of thiophene rings is 2. The maximum absolute atomic E-state index is 9.72. The number of hydrogen-bond acceptors (Lipinski definition) is 7. The van der Waals surface area contributed by atoms with Gasteiger partial charge in [-0.1, -0.05) is 41.5 Å². The van der Waals surface area contributed by atoms with Crippen molar-refractivity contribution in [2.24, 2.45) is 9.63 Å². The molecule has 3 rings (SSSR count). The van der Waals surface area contributed by atoms with E-state index < -0.39 is 0 Å². The molecule has 0 atom stereocenters. The van der Waals surface area contributed by atoms with Crippen LogP contribution in [0.5, 0.6) is 0 Å². The fraction of sp³-hybridized carbons (Fsp3) is 0.444. The Morgan fingerprint density at radius 3 is 1.84 bits per heavy atom. The minimum atomic E-state index is -0.146. The molecule has 128 valence electrons. The zero-order valence-corrected chi connectivity index (χ0v) is 17.5. The van der Waals surface area contributed by atoms with E-state index in [1.165, 1.54) is 11.9 Å². The van der Waals surface area contributed by atoms with E-state index in [9.17, 15) is 10.5 Å². The Morgan fingerprint density at radius 2 is 1.32 bits per heavy atom. The van der Waals surface area contributed by atoms with E-state index in [4.69, 9.17) is 0 Å². The second-order valence-corrected chi connectivity index (χ2v) is 10.7. The van der Waals surface area contributed by atoms with Gasteiger partial charge in [-0.3, -0.25) is 0 Å². The fourth-order valence-corrected chi connectivity index (χ4v) is 6.27. The molecule has 0 N–H and O–H groups in total. The van der Waals surface area contributed by atoms with Crippen LogP contribution in [-0.4, -0.2) is 0 Å². The molecule has 4 nitrogen and oxygen atoms in total. The van der Waals surface area contributed by atoms with Crippen molar-refractivity contribution < 1.29 is 0 Å². The van der Waals surface area contributed by atoms with Crippen molar-refractivity contribution in [3.63, 3.8) is 0 Å². The largest absolute Gasteiger partial charge is 0.192 e. The third-order valence-corrected chi connectivity index (χ3v) is 8.08. The lowest BCUT2D eigenvalue weighted by molar-refractivity contribution is 0.601. The second kappa shape index (κ2) is 5.95. The van der Waals surface area contributed by atoms with Crippen LogP contribution in [0, 0.1) is 22.7 Å². The Balaban J connectivity index is 2.37. The molecule has 0 unspecified atom stereocenters. The SMILES string of the molecule is CC(C)(C)c1sc2c(c1C#N)N=NSc1c-2sc(C(C)(C)C)c1C#N. The van der Waals surface area contributed by atoms with Gasteiger partial charge in [-0.25, -0.2) is 0 Å². The van der Waals surface area contributed by atoms with Gasteiger partial charge in [0.2, 0.25) is 0 Å². The Hall–Kier alpha value is -1.67. The third kappa shape index (κ3) is 2.91. The van der Waals surface area contributed by atoms with Gasteiger partial charge >= 0.3 is 0 Å². The van der Waals surface area contributed by atoms with Gasteiger partial charge in [-0.05, 0) is 10.8 Å². The molecule has 0 saturated carbocycles. The molecule has 0 bridgehead atoms. The molecule has 1 aliphatic heterocycles. The molecule has 0 aliphatic carbocycles. The molecule has 0 aromatic carbocycles. The summed E-state index contributed by atoms with van der Waals surface area (Å²) in [5.74, 6) is 0. The van der Waals surface area contributed by atoms with Crippen molar-refractivity contribution in [1.82, 2.24) is 0 Å². The lowest BCUT2D eigenvalue weighted by Gasteiger charge is -2.16. The van der Waals surface area contributed by atoms with Crippen LogP contribution in [0.4, 0.5) is 5.69 Å². The van der Waals surface area contributed by atoms with Crippen LogP contribution in [0.15, 0.2) is 14.5 Å². The molecule has 25 heavy (non-hydrogen) atoms. The summed E-state index contributed by atoms with van der Waals surface area (Å²) in [5.41, 5.74) is 1.67. The van der Waals surface area contributed by atoms with Crippen LogP contribution in [0.25, 0.3) is 9.75 Å². The highest BCUT2D eigenvalue weighted by molar-refractivity contribution is 7.98. The van der Waals surface area contributed by atoms with E-state index in [2.05, 4.69) is 63.3 Å². The van der Waals surface area contributed by atoms with Crippen LogP contribution < -0.4 is 0 Å². The van der Waals surface area contributed by atoms with Crippen molar-refractivity contribution in [3.05, 3.63) is 20.9 Å². The highest BCUT2D eigenvalue weighted by Crippen LogP contribution is 2.56. The summed E-state index contributed by atoms with van der Waals surface area (Å²) < 4.78 is 4.21. The number of hydrogen-bond donors (Lipinski definition) is 0. The predicted octanol–water partition coefficient (Wildman–Crippen LogP) is 6.92. The summed E-state index contributed by atoms with van der Waals surface area (Å²) in [6.45, 7) is 12.6. The summed E-state index contributed by atoms with van der Waals surface area (Å²) in [6, 6.07) is 4.68. The zero-order valence-electron chi connectivity index (χ0n) is 15.0. The average Bonchev–Trinajstić information content (AvgIpc) is 3.00. The predicted molar refractivity (Wildman–Crippen MR) is 105 cm³/mol. The van der Waals surface area contributed by atoms with Gasteiger partial charge < -0.3 is 0 Å². The molecule has 2 aromatic heterocycles. The highest BCUT2D eigenvalue weighted by Gasteiger charge is 2.34. The topological polar surface area (TPSA) is 72.3 Å². The zero-order chi connectivity index (χ0) is 18.6. The van der Waals surface area contributed by atoms with E-state index in [0.29, 0.717) is 16.8 Å². The molecule has 3 heterocycles. The Bertz CT molecular complexity index is 967. The summed E-state index contributed by atoms with van der Waals surface area (Å²) in [6.07, 6.45) is 0. The quantitative estimate of drug-likeness (QED) is 0.461. The first-order valence-electron chi connectivity index (χ1n) is 7.82. The van der Waals surface area contributed by atoms with Crippen LogP contribution in [-0.2, 0) is 10.8 Å². The first-order chi connectivity index (χ1) is 11.6. The molecule has 7 heteroatoms. The molecule has 0 saturated heterocycles. The number of nitriles is 2. The Kier molecular flexibility index (Phi) is 4.31. The smallest absolute Gasteiger partial charge is 0.124 e. The summed E-state index contributed by atoms with van der Waals surface area (Å²) in [7, 11) is 0. The number of rotatable bonds is 0. The van der Waals surface area contributed by atoms with Gasteiger partial charge in [-0.15, -0.1) is 32.3 Å². The molecule has 2 aromatic rings. The van der Waals surface area contributed by atoms with Crippen molar-refractivity contribution in [2.75, 3.05) is 0 Å². The van der Waals surface area contributed by atoms with Gasteiger partial charge in [0.1, 0.15) is 17.8 Å². The monoisotopic (exact) mass is 386 g/mol. The Morgan fingerprint density at radius 1 is 0.800 bits per heavy atom. The van der Waals surface area contributed by atoms with Crippen LogP contribution >= 0.6 is 34.6 Å². The Labute approximate surface area is 160 Å². The van der Waals surface area contributed by atoms with Gasteiger partial charge in [0.15, 0.2) is 0 Å². The van der Waals surface area contributed by atoms with Crippen molar-refractivity contribution >= 4 is 40.3 Å². The van der Waals surface area contributed by atoms with E-state index in [-0.39, 0.29) is 10.8 Å². The summed E-state index contributed by atoms with van der Waals surface area (Å²) >= 11 is 4.47. The maximum atomic E-state index is 9.72. The van der Waals surface area contributed by atoms with E-state index in [0.717, 1.165) is 24.4 Å². The first kappa shape index (κ1) is 18.1. The van der Waals surface area contributed by atoms with Gasteiger partial charge in [0.05, 0.1) is 25.8 Å². The lowest BCUT2D eigenvalue weighted by atomic mass is 9.91. The minimum Gasteiger partial charge on any atom is -0.192 e. The molecule has 0 radical (unpaired) electrons. The molecule has 0 fully saturated rings. The molecular weight excluding hydrogens is 368 g/mol. The molecule has 1 aliphatic rings. The van der Waals surface area contributed by atoms with Crippen LogP contribution in [0.3, 0.4) is 0 Å². The fourth-order valence-electron chi connectivity index (χ4n) is 2.69. The number of fused-ring (bicyclic) bond motifs is 3. The first-order valence-corrected chi connectivity index (χ1v) is 10.2. The van der Waals surface area contributed by atoms with Crippen LogP contribution in [0.1, 0.15) is 62.4 Å². The number of nitrogens with zero attached hydrogens (tertiary/aromatic N) is 4. The van der Waals surface area contributed by atoms with Gasteiger partial charge in [0, 0.05) is 21.7 Å². The van der Waals surface area contributed by atoms with Gasteiger partial charge in [0.25, 0.3) is 0 Å². The molecular formula is C18H18N4S3. The lowest BCUT2D eigenvalue weighted by Crippen LogP contribution is -2.10. The molecule has 0 spiro atoms. The maximum Gasteiger partial charge on any atom is 0.124 e. The van der Waals surface area contributed by atoms with E-state index in [1.807, 2.05) is 0 Å². The van der Waals surface area contributed by atoms with E-state index in [1.54, 1.807) is 22.7 Å². The van der Waals surface area contributed by atoms with Crippen molar-refractivity contribution in [3.8, 4) is 21.9 Å². The third-order valence-electron chi connectivity index (χ3n) is 3.81. The van der Waals surface area contributed by atoms with Crippen molar-refractivity contribution in [2.45, 2.75) is 57.3 Å². The summed E-state index contributed by atoms with van der Waals surface area (Å²) in [5, 5.41) is 23.7. The normalized spacial score (nSPS) is 13.6.